The van der Waals surface area contributed by atoms with Gasteiger partial charge in [0.05, 0.1) is 42.8 Å². The van der Waals surface area contributed by atoms with Crippen molar-refractivity contribution in [3.63, 3.8) is 0 Å². The fraction of sp³-hybridized carbons (Fsp3) is 0.235. The number of ether oxygens (including phenoxy) is 1. The number of nitrogens with zero attached hydrogens (tertiary/aromatic N) is 5. The molecular formula is C17H14F3N5O. The van der Waals surface area contributed by atoms with Crippen LogP contribution in [0, 0.1) is 12.7 Å². The number of methoxy groups -OCH3 is 1. The Labute approximate surface area is 145 Å². The van der Waals surface area contributed by atoms with Crippen LogP contribution < -0.4 is 4.74 Å². The van der Waals surface area contributed by atoms with E-state index in [0.717, 1.165) is 0 Å². The van der Waals surface area contributed by atoms with Crippen LogP contribution in [0.1, 0.15) is 5.82 Å². The van der Waals surface area contributed by atoms with E-state index in [9.17, 15) is 13.2 Å². The van der Waals surface area contributed by atoms with Crippen molar-refractivity contribution in [1.29, 1.82) is 0 Å². The number of rotatable bonds is 4. The van der Waals surface area contributed by atoms with E-state index in [0.29, 0.717) is 27.9 Å². The largest absolute Gasteiger partial charge is 0.479 e. The van der Waals surface area contributed by atoms with Crippen LogP contribution in [0.25, 0.3) is 27.7 Å². The lowest BCUT2D eigenvalue weighted by molar-refractivity contribution is 0.128. The topological polar surface area (TPSA) is 57.2 Å². The Morgan fingerprint density at radius 2 is 2.08 bits per heavy atom. The molecule has 4 rings (SSSR count). The molecule has 0 saturated heterocycles. The number of benzene rings is 1. The molecule has 3 heterocycles. The quantitative estimate of drug-likeness (QED) is 0.559. The molecule has 0 fully saturated rings. The summed E-state index contributed by atoms with van der Waals surface area (Å²) in [7, 11) is 1.44. The third kappa shape index (κ3) is 2.56. The molecule has 0 aliphatic heterocycles. The molecule has 0 aliphatic rings. The number of hydrogen-bond acceptors (Lipinski definition) is 4. The number of aromatic nitrogens is 5. The molecule has 4 aromatic rings. The molecule has 3 aromatic heterocycles. The first-order valence-electron chi connectivity index (χ1n) is 7.81. The van der Waals surface area contributed by atoms with E-state index < -0.39 is 18.8 Å². The maximum Gasteiger partial charge on any atom is 0.256 e. The van der Waals surface area contributed by atoms with E-state index in [1.807, 2.05) is 0 Å². The summed E-state index contributed by atoms with van der Waals surface area (Å²) in [5.74, 6) is 0.154. The number of halogens is 3. The van der Waals surface area contributed by atoms with Gasteiger partial charge in [0.25, 0.3) is 6.43 Å². The van der Waals surface area contributed by atoms with Gasteiger partial charge in [-0.3, -0.25) is 0 Å². The highest BCUT2D eigenvalue weighted by atomic mass is 19.3. The summed E-state index contributed by atoms with van der Waals surface area (Å²) in [5, 5.41) is 4.17. The minimum absolute atomic E-state index is 0.234. The van der Waals surface area contributed by atoms with Gasteiger partial charge in [-0.15, -0.1) is 0 Å². The van der Waals surface area contributed by atoms with Gasteiger partial charge < -0.3 is 9.30 Å². The lowest BCUT2D eigenvalue weighted by atomic mass is 10.1. The van der Waals surface area contributed by atoms with Gasteiger partial charge in [0, 0.05) is 0 Å². The number of alkyl halides is 2. The first-order chi connectivity index (χ1) is 12.5. The van der Waals surface area contributed by atoms with E-state index in [1.54, 1.807) is 25.1 Å². The van der Waals surface area contributed by atoms with Gasteiger partial charge in [-0.25, -0.2) is 22.7 Å². The predicted octanol–water partition coefficient (Wildman–Crippen LogP) is 3.47. The smallest absolute Gasteiger partial charge is 0.256 e. The highest BCUT2D eigenvalue weighted by Gasteiger charge is 2.20. The standard InChI is InChI=1S/C17H14F3N5O/c1-9-22-17(26-2)16-15(11(18)6-25(16)23-9)10-3-4-12-13(5-10)24(8-21-12)7-14(19)20/h3-6,8,14H,7H2,1-2H3. The molecule has 26 heavy (non-hydrogen) atoms. The maximum absolute atomic E-state index is 14.7. The molecule has 0 spiro atoms. The van der Waals surface area contributed by atoms with Crippen molar-refractivity contribution >= 4 is 16.6 Å². The van der Waals surface area contributed by atoms with Crippen LogP contribution in [0.5, 0.6) is 5.88 Å². The van der Waals surface area contributed by atoms with Gasteiger partial charge in [-0.2, -0.15) is 10.1 Å². The van der Waals surface area contributed by atoms with Gasteiger partial charge in [0.2, 0.25) is 5.88 Å². The van der Waals surface area contributed by atoms with Crippen molar-refractivity contribution in [3.05, 3.63) is 42.4 Å². The lowest BCUT2D eigenvalue weighted by Crippen LogP contribution is -2.04. The fourth-order valence-corrected chi connectivity index (χ4v) is 3.05. The average Bonchev–Trinajstić information content (AvgIpc) is 3.13. The van der Waals surface area contributed by atoms with E-state index in [1.165, 1.54) is 28.7 Å². The first kappa shape index (κ1) is 16.4. The summed E-state index contributed by atoms with van der Waals surface area (Å²) >= 11 is 0. The molecule has 0 N–H and O–H groups in total. The maximum atomic E-state index is 14.7. The Morgan fingerprint density at radius 1 is 1.27 bits per heavy atom. The van der Waals surface area contributed by atoms with E-state index in [2.05, 4.69) is 15.1 Å². The molecule has 9 heteroatoms. The molecular weight excluding hydrogens is 347 g/mol. The lowest BCUT2D eigenvalue weighted by Gasteiger charge is -2.07. The minimum Gasteiger partial charge on any atom is -0.479 e. The summed E-state index contributed by atoms with van der Waals surface area (Å²) in [4.78, 5) is 8.30. The fourth-order valence-electron chi connectivity index (χ4n) is 3.05. The molecule has 1 aromatic carbocycles. The summed E-state index contributed by atoms with van der Waals surface area (Å²) in [6, 6.07) is 4.97. The Hall–Kier alpha value is -3.10. The van der Waals surface area contributed by atoms with Gasteiger partial charge >= 0.3 is 0 Å². The van der Waals surface area contributed by atoms with Crippen molar-refractivity contribution in [2.24, 2.45) is 0 Å². The van der Waals surface area contributed by atoms with Gasteiger partial charge in [0.15, 0.2) is 5.82 Å². The van der Waals surface area contributed by atoms with Crippen LogP contribution in [0.2, 0.25) is 0 Å². The summed E-state index contributed by atoms with van der Waals surface area (Å²) in [5.41, 5.74) is 2.16. The van der Waals surface area contributed by atoms with Crippen LogP contribution in [0.4, 0.5) is 13.2 Å². The van der Waals surface area contributed by atoms with E-state index >= 15 is 0 Å². The number of imidazole rings is 1. The van der Waals surface area contributed by atoms with Crippen LogP contribution >= 0.6 is 0 Å². The number of hydrogen-bond donors (Lipinski definition) is 0. The molecule has 6 nitrogen and oxygen atoms in total. The number of aryl methyl sites for hydroxylation is 1. The van der Waals surface area contributed by atoms with Gasteiger partial charge in [-0.1, -0.05) is 6.07 Å². The predicted molar refractivity (Wildman–Crippen MR) is 89.0 cm³/mol. The summed E-state index contributed by atoms with van der Waals surface area (Å²) < 4.78 is 48.2. The highest BCUT2D eigenvalue weighted by molar-refractivity contribution is 5.89. The second-order valence-electron chi connectivity index (χ2n) is 5.81. The first-order valence-corrected chi connectivity index (χ1v) is 7.81. The van der Waals surface area contributed by atoms with E-state index in [-0.39, 0.29) is 11.4 Å². The molecule has 0 aliphatic carbocycles. The molecule has 0 atom stereocenters. The Bertz CT molecular complexity index is 1120. The Kier molecular flexibility index (Phi) is 3.78. The molecule has 134 valence electrons. The molecule has 0 unspecified atom stereocenters. The Morgan fingerprint density at radius 3 is 2.81 bits per heavy atom. The van der Waals surface area contributed by atoms with Crippen molar-refractivity contribution < 1.29 is 17.9 Å². The number of fused-ring (bicyclic) bond motifs is 2. The van der Waals surface area contributed by atoms with E-state index in [4.69, 9.17) is 4.74 Å². The molecule has 0 radical (unpaired) electrons. The van der Waals surface area contributed by atoms with Crippen LogP contribution in [0.3, 0.4) is 0 Å². The Balaban J connectivity index is 1.96. The molecule has 0 amide bonds. The van der Waals surface area contributed by atoms with Gasteiger partial charge in [0.1, 0.15) is 11.3 Å². The summed E-state index contributed by atoms with van der Waals surface area (Å²) in [6.45, 7) is 1.19. The second kappa shape index (κ2) is 6.01. The van der Waals surface area contributed by atoms with Crippen LogP contribution in [0.15, 0.2) is 30.7 Å². The third-order valence-corrected chi connectivity index (χ3v) is 4.10. The summed E-state index contributed by atoms with van der Waals surface area (Å²) in [6.07, 6.45) is 0.0734. The third-order valence-electron chi connectivity index (χ3n) is 4.10. The van der Waals surface area contributed by atoms with Crippen molar-refractivity contribution in [2.75, 3.05) is 7.11 Å². The SMILES string of the molecule is COc1nc(C)nn2cc(F)c(-c3ccc4ncn(CC(F)F)c4c3)c12. The normalized spacial score (nSPS) is 11.8. The molecule has 0 saturated carbocycles. The molecule has 0 bridgehead atoms. The van der Waals surface area contributed by atoms with Gasteiger partial charge in [-0.05, 0) is 24.6 Å². The zero-order valence-corrected chi connectivity index (χ0v) is 13.9. The minimum atomic E-state index is -2.51. The van der Waals surface area contributed by atoms with Crippen molar-refractivity contribution in [2.45, 2.75) is 19.9 Å². The second-order valence-corrected chi connectivity index (χ2v) is 5.81. The van der Waals surface area contributed by atoms with Crippen molar-refractivity contribution in [3.8, 4) is 17.0 Å². The monoisotopic (exact) mass is 361 g/mol. The zero-order valence-electron chi connectivity index (χ0n) is 13.9. The average molecular weight is 361 g/mol. The highest BCUT2D eigenvalue weighted by Crippen LogP contribution is 2.34. The van der Waals surface area contributed by atoms with Crippen LogP contribution in [-0.4, -0.2) is 37.7 Å². The van der Waals surface area contributed by atoms with Crippen LogP contribution in [-0.2, 0) is 6.54 Å². The zero-order chi connectivity index (χ0) is 18.4. The van der Waals surface area contributed by atoms with Crippen molar-refractivity contribution in [1.82, 2.24) is 24.1 Å².